The van der Waals surface area contributed by atoms with Crippen LogP contribution in [0.1, 0.15) is 40.6 Å². The first kappa shape index (κ1) is 25.3. The van der Waals surface area contributed by atoms with Crippen molar-refractivity contribution >= 4 is 17.2 Å². The quantitative estimate of drug-likeness (QED) is 0.427. The molecule has 2 aromatic heterocycles. The van der Waals surface area contributed by atoms with Crippen molar-refractivity contribution in [1.29, 1.82) is 0 Å². The number of alkyl halides is 3. The molecule has 0 spiro atoms. The van der Waals surface area contributed by atoms with Gasteiger partial charge >= 0.3 is 6.18 Å². The fourth-order valence-electron chi connectivity index (χ4n) is 4.36. The van der Waals surface area contributed by atoms with Gasteiger partial charge in [0.05, 0.1) is 10.4 Å². The predicted octanol–water partition coefficient (Wildman–Crippen LogP) is 4.34. The zero-order valence-corrected chi connectivity index (χ0v) is 20.7. The third kappa shape index (κ3) is 5.72. The van der Waals surface area contributed by atoms with Crippen LogP contribution in [-0.2, 0) is 11.2 Å². The summed E-state index contributed by atoms with van der Waals surface area (Å²) in [5.41, 5.74) is 0.148. The Labute approximate surface area is 206 Å². The van der Waals surface area contributed by atoms with Crippen LogP contribution in [0.5, 0.6) is 0 Å². The maximum Gasteiger partial charge on any atom is 0.395 e. The number of hydrogen-bond donors (Lipinski definition) is 2. The summed E-state index contributed by atoms with van der Waals surface area (Å²) in [6.45, 7) is 2.14. The van der Waals surface area contributed by atoms with E-state index in [-0.39, 0.29) is 31.2 Å². The third-order valence-electron chi connectivity index (χ3n) is 6.73. The van der Waals surface area contributed by atoms with Crippen LogP contribution in [0.15, 0.2) is 36.8 Å². The van der Waals surface area contributed by atoms with Crippen LogP contribution in [0, 0.1) is 12.3 Å². The average molecular weight is 507 g/mol. The van der Waals surface area contributed by atoms with E-state index < -0.39 is 17.5 Å². The Bertz CT molecular complexity index is 1120. The van der Waals surface area contributed by atoms with Gasteiger partial charge in [-0.15, -0.1) is 11.3 Å². The standard InChI is InChI=1S/C24H29F3N6OS/c1-15-12-29-22(35-15)19(23(8-9-23)24(25,26)27)11-20(34)28-13-18(33(2)3)10-16-4-6-17(7-5-16)21-30-14-31-32-21/h4-7,12,14,18-19H,8-11,13H2,1-3H3,(H,28,34)(H,30,31,32). The minimum Gasteiger partial charge on any atom is -0.355 e. The Hall–Kier alpha value is -2.79. The lowest BCUT2D eigenvalue weighted by molar-refractivity contribution is -0.194. The molecule has 0 saturated heterocycles. The molecule has 0 bridgehead atoms. The van der Waals surface area contributed by atoms with Crippen molar-refractivity contribution in [1.82, 2.24) is 30.4 Å². The Morgan fingerprint density at radius 2 is 1.94 bits per heavy atom. The van der Waals surface area contributed by atoms with Crippen molar-refractivity contribution in [3.8, 4) is 11.4 Å². The molecule has 2 heterocycles. The van der Waals surface area contributed by atoms with E-state index in [9.17, 15) is 18.0 Å². The SMILES string of the molecule is Cc1cnc(C(CC(=O)NCC(Cc2ccc(-c3ncn[nH]3)cc2)N(C)C)C2(C(F)(F)F)CC2)s1. The Morgan fingerprint density at radius 3 is 2.46 bits per heavy atom. The molecule has 1 aromatic carbocycles. The van der Waals surface area contributed by atoms with Crippen LogP contribution in [0.2, 0.25) is 0 Å². The molecule has 1 fully saturated rings. The second kappa shape index (κ2) is 10.1. The molecule has 7 nitrogen and oxygen atoms in total. The highest BCUT2D eigenvalue weighted by atomic mass is 32.1. The number of H-pyrrole nitrogens is 1. The summed E-state index contributed by atoms with van der Waals surface area (Å²) in [6, 6.07) is 7.88. The zero-order valence-electron chi connectivity index (χ0n) is 19.9. The number of hydrogen-bond acceptors (Lipinski definition) is 6. The van der Waals surface area contributed by atoms with E-state index in [2.05, 4.69) is 25.5 Å². The lowest BCUT2D eigenvalue weighted by Crippen LogP contribution is -2.42. The Morgan fingerprint density at radius 1 is 1.23 bits per heavy atom. The molecule has 3 aromatic rings. The van der Waals surface area contributed by atoms with Gasteiger partial charge in [0.2, 0.25) is 5.91 Å². The van der Waals surface area contributed by atoms with Crippen molar-refractivity contribution in [3.05, 3.63) is 52.2 Å². The largest absolute Gasteiger partial charge is 0.395 e. The number of likely N-dealkylation sites (N-methyl/N-ethyl adjacent to an activating group) is 1. The monoisotopic (exact) mass is 506 g/mol. The van der Waals surface area contributed by atoms with Crippen LogP contribution in [0.25, 0.3) is 11.4 Å². The molecular weight excluding hydrogens is 477 g/mol. The van der Waals surface area contributed by atoms with Crippen LogP contribution in [-0.4, -0.2) is 63.8 Å². The first-order chi connectivity index (χ1) is 16.6. The summed E-state index contributed by atoms with van der Waals surface area (Å²) in [5.74, 6) is -0.654. The second-order valence-corrected chi connectivity index (χ2v) is 10.6. The predicted molar refractivity (Wildman–Crippen MR) is 128 cm³/mol. The van der Waals surface area contributed by atoms with Crippen molar-refractivity contribution < 1.29 is 18.0 Å². The molecule has 1 saturated carbocycles. The molecule has 0 radical (unpaired) electrons. The molecule has 1 aliphatic rings. The molecule has 188 valence electrons. The number of aromatic nitrogens is 4. The zero-order chi connectivity index (χ0) is 25.2. The van der Waals surface area contributed by atoms with Crippen molar-refractivity contribution in [3.63, 3.8) is 0 Å². The van der Waals surface area contributed by atoms with E-state index in [1.807, 2.05) is 50.2 Å². The van der Waals surface area contributed by atoms with Crippen molar-refractivity contribution in [2.24, 2.45) is 5.41 Å². The van der Waals surface area contributed by atoms with E-state index >= 15 is 0 Å². The number of halogens is 3. The number of benzene rings is 1. The van der Waals surface area contributed by atoms with Crippen molar-refractivity contribution in [2.45, 2.75) is 50.7 Å². The van der Waals surface area contributed by atoms with Gasteiger partial charge in [0.25, 0.3) is 0 Å². The summed E-state index contributed by atoms with van der Waals surface area (Å²) in [4.78, 5) is 24.1. The fourth-order valence-corrected chi connectivity index (χ4v) is 5.35. The molecule has 0 aliphatic heterocycles. The van der Waals surface area contributed by atoms with Crippen molar-refractivity contribution in [2.75, 3.05) is 20.6 Å². The van der Waals surface area contributed by atoms with E-state index in [4.69, 9.17) is 0 Å². The number of rotatable bonds is 10. The summed E-state index contributed by atoms with van der Waals surface area (Å²) in [7, 11) is 3.84. The number of carbonyl (C=O) groups excluding carboxylic acids is 1. The lowest BCUT2D eigenvalue weighted by atomic mass is 9.85. The number of aryl methyl sites for hydroxylation is 1. The summed E-state index contributed by atoms with van der Waals surface area (Å²) < 4.78 is 41.7. The van der Waals surface area contributed by atoms with Crippen LogP contribution in [0.3, 0.4) is 0 Å². The lowest BCUT2D eigenvalue weighted by Gasteiger charge is -2.28. The average Bonchev–Trinajstić information content (AvgIpc) is 3.23. The van der Waals surface area contributed by atoms with Gasteiger partial charge in [0, 0.05) is 41.6 Å². The maximum absolute atomic E-state index is 13.9. The molecular formula is C24H29F3N6OS. The highest BCUT2D eigenvalue weighted by Gasteiger charge is 2.68. The van der Waals surface area contributed by atoms with Gasteiger partial charge in [-0.1, -0.05) is 24.3 Å². The topological polar surface area (TPSA) is 86.8 Å². The fraction of sp³-hybridized carbons (Fsp3) is 0.500. The number of carbonyl (C=O) groups is 1. The Kier molecular flexibility index (Phi) is 7.27. The van der Waals surface area contributed by atoms with Crippen LogP contribution >= 0.6 is 11.3 Å². The minimum atomic E-state index is -4.36. The molecule has 1 amide bonds. The van der Waals surface area contributed by atoms with Gasteiger partial charge in [-0.2, -0.15) is 18.3 Å². The van der Waals surface area contributed by atoms with Gasteiger partial charge in [0.15, 0.2) is 5.82 Å². The van der Waals surface area contributed by atoms with E-state index in [0.717, 1.165) is 16.0 Å². The van der Waals surface area contributed by atoms with Crippen LogP contribution < -0.4 is 5.32 Å². The van der Waals surface area contributed by atoms with E-state index in [1.165, 1.54) is 17.7 Å². The molecule has 4 rings (SSSR count). The van der Waals surface area contributed by atoms with Crippen LogP contribution in [0.4, 0.5) is 13.2 Å². The number of amides is 1. The highest BCUT2D eigenvalue weighted by Crippen LogP contribution is 2.66. The number of nitrogens with one attached hydrogen (secondary N) is 2. The van der Waals surface area contributed by atoms with Gasteiger partial charge in [-0.3, -0.25) is 9.89 Å². The molecule has 35 heavy (non-hydrogen) atoms. The molecule has 11 heteroatoms. The molecule has 2 atom stereocenters. The van der Waals surface area contributed by atoms with Gasteiger partial charge in [0.1, 0.15) is 6.33 Å². The first-order valence-corrected chi connectivity index (χ1v) is 12.3. The number of nitrogens with zero attached hydrogens (tertiary/aromatic N) is 4. The number of aromatic amines is 1. The smallest absolute Gasteiger partial charge is 0.355 e. The molecule has 2 unspecified atom stereocenters. The number of thiazole rings is 1. The van der Waals surface area contributed by atoms with E-state index in [1.54, 1.807) is 6.20 Å². The van der Waals surface area contributed by atoms with Gasteiger partial charge in [-0.25, -0.2) is 9.97 Å². The van der Waals surface area contributed by atoms with Gasteiger partial charge in [-0.05, 0) is 45.8 Å². The third-order valence-corrected chi connectivity index (χ3v) is 7.75. The minimum absolute atomic E-state index is 0.0202. The first-order valence-electron chi connectivity index (χ1n) is 11.5. The van der Waals surface area contributed by atoms with E-state index in [0.29, 0.717) is 23.8 Å². The summed E-state index contributed by atoms with van der Waals surface area (Å²) >= 11 is 1.24. The molecule has 1 aliphatic carbocycles. The maximum atomic E-state index is 13.9. The normalized spacial score (nSPS) is 16.8. The second-order valence-electron chi connectivity index (χ2n) is 9.38. The molecule has 2 N–H and O–H groups in total. The Balaban J connectivity index is 1.39. The van der Waals surface area contributed by atoms with Gasteiger partial charge < -0.3 is 10.2 Å². The highest BCUT2D eigenvalue weighted by molar-refractivity contribution is 7.11. The summed E-state index contributed by atoms with van der Waals surface area (Å²) in [6.07, 6.45) is -0.804. The summed E-state index contributed by atoms with van der Waals surface area (Å²) in [5, 5.41) is 9.96.